The molecule has 0 fully saturated rings. The number of unbranched alkanes of at least 4 members (excludes halogenated alkanes) is 1. The van der Waals surface area contributed by atoms with Gasteiger partial charge in [0.15, 0.2) is 0 Å². The number of aromatic nitrogens is 2. The highest BCUT2D eigenvalue weighted by molar-refractivity contribution is 7.99. The molecule has 1 aromatic rings. The highest BCUT2D eigenvalue weighted by atomic mass is 32.2. The van der Waals surface area contributed by atoms with E-state index < -0.39 is 0 Å². The predicted octanol–water partition coefficient (Wildman–Crippen LogP) is 1.96. The summed E-state index contributed by atoms with van der Waals surface area (Å²) in [4.78, 5) is 8.19. The summed E-state index contributed by atoms with van der Waals surface area (Å²) in [5.74, 6) is 1.06. The van der Waals surface area contributed by atoms with Crippen LogP contribution in [-0.2, 0) is 0 Å². The van der Waals surface area contributed by atoms with Crippen molar-refractivity contribution in [1.29, 1.82) is 0 Å². The number of rotatable bonds is 7. The second-order valence-corrected chi connectivity index (χ2v) is 4.11. The van der Waals surface area contributed by atoms with Gasteiger partial charge >= 0.3 is 0 Å². The smallest absolute Gasteiger partial charge is 0.114 e. The Kier molecular flexibility index (Phi) is 6.36. The van der Waals surface area contributed by atoms with Gasteiger partial charge in [-0.15, -0.1) is 11.8 Å². The third-order valence-corrected chi connectivity index (χ3v) is 2.69. The Labute approximate surface area is 89.7 Å². The van der Waals surface area contributed by atoms with E-state index in [4.69, 9.17) is 0 Å². The quantitative estimate of drug-likeness (QED) is 0.552. The van der Waals surface area contributed by atoms with Gasteiger partial charge in [-0.1, -0.05) is 13.3 Å². The van der Waals surface area contributed by atoms with Gasteiger partial charge < -0.3 is 5.32 Å². The summed E-state index contributed by atoms with van der Waals surface area (Å²) in [6.45, 7) is 4.37. The Hall–Kier alpha value is -0.610. The molecule has 0 aliphatic carbocycles. The summed E-state index contributed by atoms with van der Waals surface area (Å²) in [5.41, 5.74) is 0. The van der Waals surface area contributed by atoms with Crippen molar-refractivity contribution in [2.45, 2.75) is 24.8 Å². The zero-order valence-electron chi connectivity index (χ0n) is 8.57. The fraction of sp³-hybridized carbons (Fsp3) is 0.600. The Bertz CT molecular complexity index is 228. The maximum atomic E-state index is 4.19. The van der Waals surface area contributed by atoms with Crippen molar-refractivity contribution < 1.29 is 0 Å². The lowest BCUT2D eigenvalue weighted by atomic mass is 10.3. The van der Waals surface area contributed by atoms with Gasteiger partial charge in [0.25, 0.3) is 0 Å². The molecule has 0 saturated carbocycles. The van der Waals surface area contributed by atoms with Gasteiger partial charge in [-0.3, -0.25) is 4.98 Å². The summed E-state index contributed by atoms with van der Waals surface area (Å²) in [7, 11) is 0. The van der Waals surface area contributed by atoms with Crippen molar-refractivity contribution in [1.82, 2.24) is 15.3 Å². The molecule has 0 radical (unpaired) electrons. The Morgan fingerprint density at radius 3 is 3.00 bits per heavy atom. The van der Waals surface area contributed by atoms with Crippen LogP contribution in [0.4, 0.5) is 0 Å². The molecule has 1 rings (SSSR count). The Morgan fingerprint density at radius 2 is 2.29 bits per heavy atom. The van der Waals surface area contributed by atoms with Crippen molar-refractivity contribution in [3.63, 3.8) is 0 Å². The van der Waals surface area contributed by atoms with Gasteiger partial charge in [-0.2, -0.15) is 0 Å². The van der Waals surface area contributed by atoms with Gasteiger partial charge in [0.05, 0.1) is 6.20 Å². The number of nitrogens with one attached hydrogen (secondary N) is 1. The van der Waals surface area contributed by atoms with Crippen LogP contribution in [0, 0.1) is 0 Å². The molecule has 0 aromatic carbocycles. The minimum absolute atomic E-state index is 1.00. The first-order chi connectivity index (χ1) is 6.93. The first-order valence-electron chi connectivity index (χ1n) is 5.03. The number of nitrogens with zero attached hydrogens (tertiary/aromatic N) is 2. The molecule has 0 aliphatic heterocycles. The van der Waals surface area contributed by atoms with Crippen molar-refractivity contribution in [3.05, 3.63) is 18.6 Å². The first kappa shape index (κ1) is 11.5. The summed E-state index contributed by atoms with van der Waals surface area (Å²) >= 11 is 1.74. The fourth-order valence-corrected chi connectivity index (χ4v) is 1.74. The van der Waals surface area contributed by atoms with Gasteiger partial charge in [0.1, 0.15) is 5.03 Å². The topological polar surface area (TPSA) is 37.8 Å². The molecule has 0 unspecified atom stereocenters. The highest BCUT2D eigenvalue weighted by Crippen LogP contribution is 2.11. The highest BCUT2D eigenvalue weighted by Gasteiger charge is 1.93. The maximum absolute atomic E-state index is 4.19. The molecular weight excluding hydrogens is 194 g/mol. The summed E-state index contributed by atoms with van der Waals surface area (Å²) < 4.78 is 0. The standard InChI is InChI=1S/C10H17N3S/c1-2-3-4-11-7-8-14-10-9-12-5-6-13-10/h5-6,9,11H,2-4,7-8H2,1H3. The van der Waals surface area contributed by atoms with Gasteiger partial charge in [-0.25, -0.2) is 4.98 Å². The predicted molar refractivity (Wildman–Crippen MR) is 60.5 cm³/mol. The minimum atomic E-state index is 1.00. The Balaban J connectivity index is 1.99. The second kappa shape index (κ2) is 7.76. The first-order valence-corrected chi connectivity index (χ1v) is 6.01. The molecule has 3 nitrogen and oxygen atoms in total. The minimum Gasteiger partial charge on any atom is -0.316 e. The van der Waals surface area contributed by atoms with E-state index in [2.05, 4.69) is 22.2 Å². The average molecular weight is 211 g/mol. The van der Waals surface area contributed by atoms with Gasteiger partial charge in [0.2, 0.25) is 0 Å². The van der Waals surface area contributed by atoms with Crippen molar-refractivity contribution in [2.24, 2.45) is 0 Å². The van der Waals surface area contributed by atoms with Crippen molar-refractivity contribution in [3.8, 4) is 0 Å². The molecule has 0 aliphatic rings. The number of hydrogen-bond donors (Lipinski definition) is 1. The molecule has 1 heterocycles. The largest absolute Gasteiger partial charge is 0.316 e. The molecule has 1 N–H and O–H groups in total. The summed E-state index contributed by atoms with van der Waals surface area (Å²) in [6, 6.07) is 0. The zero-order chi connectivity index (χ0) is 10.1. The van der Waals surface area contributed by atoms with Crippen LogP contribution in [0.2, 0.25) is 0 Å². The van der Waals surface area contributed by atoms with Crippen molar-refractivity contribution in [2.75, 3.05) is 18.8 Å². The monoisotopic (exact) mass is 211 g/mol. The molecule has 0 spiro atoms. The van der Waals surface area contributed by atoms with E-state index in [-0.39, 0.29) is 0 Å². The van der Waals surface area contributed by atoms with E-state index in [0.29, 0.717) is 0 Å². The SMILES string of the molecule is CCCCNCCSc1cnccn1. The van der Waals surface area contributed by atoms with Gasteiger partial charge in [-0.05, 0) is 13.0 Å². The van der Waals surface area contributed by atoms with Crippen LogP contribution in [-0.4, -0.2) is 28.8 Å². The van der Waals surface area contributed by atoms with E-state index >= 15 is 0 Å². The Morgan fingerprint density at radius 1 is 1.36 bits per heavy atom. The number of thioether (sulfide) groups is 1. The zero-order valence-corrected chi connectivity index (χ0v) is 9.39. The van der Waals surface area contributed by atoms with Crippen LogP contribution < -0.4 is 5.32 Å². The van der Waals surface area contributed by atoms with E-state index in [9.17, 15) is 0 Å². The average Bonchev–Trinajstić information content (AvgIpc) is 2.25. The van der Waals surface area contributed by atoms with Gasteiger partial charge in [0, 0.05) is 24.7 Å². The molecule has 1 aromatic heterocycles. The van der Waals surface area contributed by atoms with Crippen LogP contribution in [0.5, 0.6) is 0 Å². The van der Waals surface area contributed by atoms with Crippen LogP contribution in [0.1, 0.15) is 19.8 Å². The molecule has 0 atom stereocenters. The maximum Gasteiger partial charge on any atom is 0.114 e. The molecular formula is C10H17N3S. The van der Waals surface area contributed by atoms with Crippen LogP contribution in [0.15, 0.2) is 23.6 Å². The van der Waals surface area contributed by atoms with E-state index in [1.54, 1.807) is 30.4 Å². The summed E-state index contributed by atoms with van der Waals surface area (Å²) in [5, 5.41) is 4.39. The van der Waals surface area contributed by atoms with Crippen molar-refractivity contribution >= 4 is 11.8 Å². The third-order valence-electron chi connectivity index (χ3n) is 1.78. The fourth-order valence-electron chi connectivity index (χ4n) is 1.01. The lowest BCUT2D eigenvalue weighted by Crippen LogP contribution is -2.18. The number of hydrogen-bond acceptors (Lipinski definition) is 4. The second-order valence-electron chi connectivity index (χ2n) is 3.00. The van der Waals surface area contributed by atoms with E-state index in [1.807, 2.05) is 0 Å². The molecule has 0 amide bonds. The molecule has 4 heteroatoms. The lowest BCUT2D eigenvalue weighted by molar-refractivity contribution is 0.666. The molecule has 0 saturated heterocycles. The van der Waals surface area contributed by atoms with Crippen LogP contribution in [0.25, 0.3) is 0 Å². The van der Waals surface area contributed by atoms with E-state index in [0.717, 1.165) is 23.9 Å². The molecule has 78 valence electrons. The van der Waals surface area contributed by atoms with E-state index in [1.165, 1.54) is 12.8 Å². The van der Waals surface area contributed by atoms with Crippen LogP contribution >= 0.6 is 11.8 Å². The molecule has 0 bridgehead atoms. The lowest BCUT2D eigenvalue weighted by Gasteiger charge is -2.02. The van der Waals surface area contributed by atoms with Crippen LogP contribution in [0.3, 0.4) is 0 Å². The summed E-state index contributed by atoms with van der Waals surface area (Å²) in [6.07, 6.45) is 7.74. The normalized spacial score (nSPS) is 10.4. The molecule has 14 heavy (non-hydrogen) atoms. The third kappa shape index (κ3) is 5.19.